The highest BCUT2D eigenvalue weighted by Gasteiger charge is 2.09. The summed E-state index contributed by atoms with van der Waals surface area (Å²) in [5.41, 5.74) is 0.982. The van der Waals surface area contributed by atoms with Gasteiger partial charge in [-0.3, -0.25) is 0 Å². The van der Waals surface area contributed by atoms with E-state index in [1.54, 1.807) is 20.8 Å². The van der Waals surface area contributed by atoms with E-state index in [9.17, 15) is 14.4 Å². The molecule has 0 unspecified atom stereocenters. The Kier molecular flexibility index (Phi) is 8.78. The van der Waals surface area contributed by atoms with Gasteiger partial charge in [0.2, 0.25) is 0 Å². The van der Waals surface area contributed by atoms with E-state index in [1.165, 1.54) is 0 Å². The minimum absolute atomic E-state index is 0.0127. The molecule has 2 N–H and O–H groups in total. The van der Waals surface area contributed by atoms with Gasteiger partial charge < -0.3 is 20.1 Å². The lowest BCUT2D eigenvalue weighted by molar-refractivity contribution is -0.143. The van der Waals surface area contributed by atoms with Crippen LogP contribution in [0.1, 0.15) is 26.3 Å². The molecular formula is C18H24N2O5. The van der Waals surface area contributed by atoms with Crippen molar-refractivity contribution in [2.24, 2.45) is 0 Å². The number of carbonyl (C=O) groups is 3. The van der Waals surface area contributed by atoms with E-state index in [4.69, 9.17) is 9.47 Å². The van der Waals surface area contributed by atoms with E-state index in [-0.39, 0.29) is 24.8 Å². The van der Waals surface area contributed by atoms with Crippen LogP contribution in [0.2, 0.25) is 0 Å². The Bertz CT molecular complexity index is 599. The van der Waals surface area contributed by atoms with Crippen molar-refractivity contribution in [1.29, 1.82) is 0 Å². The molecule has 0 bridgehead atoms. The number of hydrogen-bond donors (Lipinski definition) is 2. The molecule has 1 aromatic carbocycles. The number of benzene rings is 1. The molecule has 1 aromatic rings. The van der Waals surface area contributed by atoms with Crippen LogP contribution in [0.15, 0.2) is 42.5 Å². The summed E-state index contributed by atoms with van der Waals surface area (Å²) in [5.74, 6) is -1.29. The van der Waals surface area contributed by atoms with Gasteiger partial charge in [-0.05, 0) is 26.3 Å². The van der Waals surface area contributed by atoms with Crippen molar-refractivity contribution in [2.75, 3.05) is 6.61 Å². The highest BCUT2D eigenvalue weighted by molar-refractivity contribution is 5.91. The second kappa shape index (κ2) is 10.9. The fraction of sp³-hybridized carbons (Fsp3) is 0.389. The van der Waals surface area contributed by atoms with Crippen LogP contribution in [0.3, 0.4) is 0 Å². The van der Waals surface area contributed by atoms with Gasteiger partial charge in [0, 0.05) is 18.7 Å². The smallest absolute Gasteiger partial charge is 0.331 e. The summed E-state index contributed by atoms with van der Waals surface area (Å²) in [6.45, 7) is 5.51. The van der Waals surface area contributed by atoms with E-state index in [0.717, 1.165) is 17.7 Å². The Morgan fingerprint density at radius 3 is 2.32 bits per heavy atom. The van der Waals surface area contributed by atoms with Crippen molar-refractivity contribution in [2.45, 2.75) is 39.5 Å². The summed E-state index contributed by atoms with van der Waals surface area (Å²) in [4.78, 5) is 34.5. The van der Waals surface area contributed by atoms with Crippen LogP contribution in [0.5, 0.6) is 0 Å². The first-order valence-corrected chi connectivity index (χ1v) is 8.00. The number of carbonyl (C=O) groups excluding carboxylic acids is 3. The average Bonchev–Trinajstić information content (AvgIpc) is 2.56. The normalized spacial score (nSPS) is 11.8. The number of urea groups is 1. The van der Waals surface area contributed by atoms with Gasteiger partial charge in [0.05, 0.1) is 12.1 Å². The molecular weight excluding hydrogens is 324 g/mol. The average molecular weight is 348 g/mol. The van der Waals surface area contributed by atoms with Gasteiger partial charge in [0.1, 0.15) is 6.61 Å². The largest absolute Gasteiger partial charge is 0.460 e. The van der Waals surface area contributed by atoms with E-state index in [0.29, 0.717) is 6.54 Å². The Hall–Kier alpha value is -2.83. The zero-order valence-electron chi connectivity index (χ0n) is 14.7. The van der Waals surface area contributed by atoms with Gasteiger partial charge >= 0.3 is 18.0 Å². The molecule has 0 fully saturated rings. The summed E-state index contributed by atoms with van der Waals surface area (Å²) >= 11 is 0. The van der Waals surface area contributed by atoms with Crippen LogP contribution < -0.4 is 10.6 Å². The maximum atomic E-state index is 11.8. The Labute approximate surface area is 147 Å². The highest BCUT2D eigenvalue weighted by atomic mass is 16.5. The standard InChI is InChI=1S/C18H24N2O5/c1-13(2)25-17(22)10-9-16(21)24-12-14(3)20-18(23)19-11-15-7-5-4-6-8-15/h4-10,13-14H,11-12H2,1-3H3,(H2,19,20,23)/b10-9+/t14-/m0/s1. The highest BCUT2D eigenvalue weighted by Crippen LogP contribution is 1.97. The fourth-order valence-corrected chi connectivity index (χ4v) is 1.76. The van der Waals surface area contributed by atoms with E-state index in [2.05, 4.69) is 10.6 Å². The summed E-state index contributed by atoms with van der Waals surface area (Å²) in [5, 5.41) is 5.36. The van der Waals surface area contributed by atoms with Gasteiger partial charge in [0.15, 0.2) is 0 Å². The Morgan fingerprint density at radius 2 is 1.68 bits per heavy atom. The van der Waals surface area contributed by atoms with Crippen LogP contribution in [0, 0.1) is 0 Å². The molecule has 0 aromatic heterocycles. The van der Waals surface area contributed by atoms with Crippen molar-refractivity contribution >= 4 is 18.0 Å². The van der Waals surface area contributed by atoms with Crippen LogP contribution in [0.25, 0.3) is 0 Å². The van der Waals surface area contributed by atoms with Crippen LogP contribution in [-0.2, 0) is 25.6 Å². The molecule has 0 radical (unpaired) electrons. The molecule has 0 saturated heterocycles. The summed E-state index contributed by atoms with van der Waals surface area (Å²) in [6.07, 6.45) is 1.74. The molecule has 0 aliphatic heterocycles. The minimum atomic E-state index is -0.681. The predicted molar refractivity (Wildman–Crippen MR) is 92.6 cm³/mol. The summed E-state index contributed by atoms with van der Waals surface area (Å²) < 4.78 is 9.79. The van der Waals surface area contributed by atoms with Crippen LogP contribution >= 0.6 is 0 Å². The zero-order chi connectivity index (χ0) is 18.7. The van der Waals surface area contributed by atoms with Gasteiger partial charge in [-0.25, -0.2) is 14.4 Å². The maximum Gasteiger partial charge on any atom is 0.331 e. The Morgan fingerprint density at radius 1 is 1.04 bits per heavy atom. The molecule has 7 nitrogen and oxygen atoms in total. The SMILES string of the molecule is CC(C)OC(=O)/C=C/C(=O)OC[C@H](C)NC(=O)NCc1ccccc1. The number of hydrogen-bond acceptors (Lipinski definition) is 5. The topological polar surface area (TPSA) is 93.7 Å². The summed E-state index contributed by atoms with van der Waals surface area (Å²) in [7, 11) is 0. The van der Waals surface area contributed by atoms with Crippen molar-refractivity contribution < 1.29 is 23.9 Å². The maximum absolute atomic E-state index is 11.8. The van der Waals surface area contributed by atoms with E-state index in [1.807, 2.05) is 30.3 Å². The fourth-order valence-electron chi connectivity index (χ4n) is 1.76. The van der Waals surface area contributed by atoms with Crippen molar-refractivity contribution in [3.8, 4) is 0 Å². The van der Waals surface area contributed by atoms with Gasteiger partial charge in [-0.2, -0.15) is 0 Å². The van der Waals surface area contributed by atoms with Crippen molar-refractivity contribution in [1.82, 2.24) is 10.6 Å². The first-order chi connectivity index (χ1) is 11.9. The Balaban J connectivity index is 2.23. The van der Waals surface area contributed by atoms with E-state index < -0.39 is 11.9 Å². The third-order valence-corrected chi connectivity index (χ3v) is 2.86. The molecule has 0 aliphatic rings. The summed E-state index contributed by atoms with van der Waals surface area (Å²) in [6, 6.07) is 8.75. The molecule has 1 atom stereocenters. The van der Waals surface area contributed by atoms with Gasteiger partial charge in [-0.15, -0.1) is 0 Å². The van der Waals surface area contributed by atoms with Gasteiger partial charge in [0.25, 0.3) is 0 Å². The zero-order valence-corrected chi connectivity index (χ0v) is 14.7. The molecule has 7 heteroatoms. The second-order valence-corrected chi connectivity index (χ2v) is 5.66. The number of rotatable bonds is 8. The number of esters is 2. The van der Waals surface area contributed by atoms with Crippen LogP contribution in [0.4, 0.5) is 4.79 Å². The van der Waals surface area contributed by atoms with Crippen LogP contribution in [-0.4, -0.2) is 36.7 Å². The van der Waals surface area contributed by atoms with Crippen molar-refractivity contribution in [3.05, 3.63) is 48.0 Å². The van der Waals surface area contributed by atoms with E-state index >= 15 is 0 Å². The molecule has 0 spiro atoms. The third-order valence-electron chi connectivity index (χ3n) is 2.86. The minimum Gasteiger partial charge on any atom is -0.460 e. The molecule has 136 valence electrons. The molecule has 25 heavy (non-hydrogen) atoms. The molecule has 1 rings (SSSR count). The second-order valence-electron chi connectivity index (χ2n) is 5.66. The lowest BCUT2D eigenvalue weighted by atomic mass is 10.2. The predicted octanol–water partition coefficient (Wildman–Crippen LogP) is 1.93. The first kappa shape index (κ1) is 20.2. The monoisotopic (exact) mass is 348 g/mol. The molecule has 0 saturated carbocycles. The molecule has 0 aliphatic carbocycles. The van der Waals surface area contributed by atoms with Crippen molar-refractivity contribution in [3.63, 3.8) is 0 Å². The van der Waals surface area contributed by atoms with Gasteiger partial charge in [-0.1, -0.05) is 30.3 Å². The number of ether oxygens (including phenoxy) is 2. The first-order valence-electron chi connectivity index (χ1n) is 8.00. The lowest BCUT2D eigenvalue weighted by Crippen LogP contribution is -2.42. The number of amides is 2. The number of nitrogens with one attached hydrogen (secondary N) is 2. The molecule has 0 heterocycles. The lowest BCUT2D eigenvalue weighted by Gasteiger charge is -2.14. The third kappa shape index (κ3) is 9.80. The molecule has 2 amide bonds. The quantitative estimate of drug-likeness (QED) is 0.553.